The van der Waals surface area contributed by atoms with Crippen LogP contribution >= 0.6 is 0 Å². The lowest BCUT2D eigenvalue weighted by Crippen LogP contribution is -2.53. The van der Waals surface area contributed by atoms with Crippen LogP contribution in [0.15, 0.2) is 0 Å². The van der Waals surface area contributed by atoms with Gasteiger partial charge in [-0.1, -0.05) is 13.3 Å². The Morgan fingerprint density at radius 3 is 2.43 bits per heavy atom. The van der Waals surface area contributed by atoms with E-state index >= 15 is 0 Å². The zero-order valence-electron chi connectivity index (χ0n) is 12.9. The Morgan fingerprint density at radius 2 is 1.95 bits per heavy atom. The molecule has 3 unspecified atom stereocenters. The zero-order valence-corrected chi connectivity index (χ0v) is 13.9. The average molecular weight is 320 g/mol. The van der Waals surface area contributed by atoms with Crippen LogP contribution in [0.5, 0.6) is 0 Å². The Balaban J connectivity index is 2.84. The maximum Gasteiger partial charge on any atom is 0.506 e. The third-order valence-electron chi connectivity index (χ3n) is 4.11. The summed E-state index contributed by atoms with van der Waals surface area (Å²) in [6, 6.07) is 0.893. The SMILES string of the molecule is CC(C(COC(=O)O)OC(=O)O)[Si]1(C)CCCC(C)(C)O1. The molecular formula is C13H24O7Si. The third-order valence-corrected chi connectivity index (χ3v) is 8.77. The minimum atomic E-state index is -2.24. The molecule has 0 aromatic heterocycles. The summed E-state index contributed by atoms with van der Waals surface area (Å²) in [5, 5.41) is 17.4. The maximum absolute atomic E-state index is 10.8. The van der Waals surface area contributed by atoms with Crippen LogP contribution in [0.1, 0.15) is 33.6 Å². The van der Waals surface area contributed by atoms with Crippen molar-refractivity contribution in [2.75, 3.05) is 6.61 Å². The van der Waals surface area contributed by atoms with E-state index in [1.807, 2.05) is 27.3 Å². The topological polar surface area (TPSA) is 102 Å². The number of hydrogen-bond acceptors (Lipinski definition) is 5. The monoisotopic (exact) mass is 320 g/mol. The number of carbonyl (C=O) groups is 2. The summed E-state index contributed by atoms with van der Waals surface area (Å²) in [6.07, 6.45) is -1.76. The zero-order chi connectivity index (χ0) is 16.3. The molecule has 1 aliphatic heterocycles. The van der Waals surface area contributed by atoms with Crippen LogP contribution in [0.2, 0.25) is 18.1 Å². The van der Waals surface area contributed by atoms with Gasteiger partial charge in [-0.2, -0.15) is 0 Å². The summed E-state index contributed by atoms with van der Waals surface area (Å²) in [7, 11) is -2.24. The molecular weight excluding hydrogens is 296 g/mol. The van der Waals surface area contributed by atoms with Crippen LogP contribution in [0.3, 0.4) is 0 Å². The lowest BCUT2D eigenvalue weighted by Gasteiger charge is -2.46. The summed E-state index contributed by atoms with van der Waals surface area (Å²) in [5.41, 5.74) is -0.443. The van der Waals surface area contributed by atoms with E-state index in [1.165, 1.54) is 0 Å². The minimum Gasteiger partial charge on any atom is -0.450 e. The van der Waals surface area contributed by atoms with E-state index in [1.54, 1.807) is 0 Å². The highest BCUT2D eigenvalue weighted by atomic mass is 28.4. The third kappa shape index (κ3) is 5.20. The van der Waals surface area contributed by atoms with Crippen molar-refractivity contribution in [3.63, 3.8) is 0 Å². The molecule has 1 fully saturated rings. The van der Waals surface area contributed by atoms with Crippen LogP contribution in [0, 0.1) is 0 Å². The first-order valence-electron chi connectivity index (χ1n) is 7.01. The summed E-state index contributed by atoms with van der Waals surface area (Å²) in [6.45, 7) is 7.62. The number of ether oxygens (including phenoxy) is 2. The molecule has 2 N–H and O–H groups in total. The van der Waals surface area contributed by atoms with Gasteiger partial charge in [0.2, 0.25) is 0 Å². The van der Waals surface area contributed by atoms with Gasteiger partial charge < -0.3 is 24.1 Å². The highest BCUT2D eigenvalue weighted by Gasteiger charge is 2.47. The van der Waals surface area contributed by atoms with Gasteiger partial charge in [-0.3, -0.25) is 0 Å². The van der Waals surface area contributed by atoms with E-state index in [4.69, 9.17) is 19.4 Å². The van der Waals surface area contributed by atoms with Crippen molar-refractivity contribution in [2.45, 2.75) is 63.5 Å². The van der Waals surface area contributed by atoms with Crippen molar-refractivity contribution in [3.05, 3.63) is 0 Å². The van der Waals surface area contributed by atoms with Crippen LogP contribution < -0.4 is 0 Å². The van der Waals surface area contributed by atoms with E-state index in [0.29, 0.717) is 0 Å². The standard InChI is InChI=1S/C13H24O7Si/c1-9(10(19-12(16)17)8-18-11(14)15)21(4)7-5-6-13(2,3)20-21/h9-10H,5-8H2,1-4H3,(H,14,15)(H,16,17). The Hall–Kier alpha value is -1.28. The van der Waals surface area contributed by atoms with E-state index in [-0.39, 0.29) is 17.7 Å². The Kier molecular flexibility index (Phi) is 5.63. The second-order valence-corrected chi connectivity index (χ2v) is 10.6. The van der Waals surface area contributed by atoms with Crippen molar-refractivity contribution < 1.29 is 33.7 Å². The molecule has 1 heterocycles. The molecule has 0 bridgehead atoms. The highest BCUT2D eigenvalue weighted by Crippen LogP contribution is 2.41. The van der Waals surface area contributed by atoms with Crippen molar-refractivity contribution in [2.24, 2.45) is 0 Å². The van der Waals surface area contributed by atoms with Gasteiger partial charge in [-0.05, 0) is 32.9 Å². The Labute approximate surface area is 125 Å². The molecule has 0 saturated carbocycles. The minimum absolute atomic E-state index is 0.201. The lowest BCUT2D eigenvalue weighted by atomic mass is 10.0. The van der Waals surface area contributed by atoms with Gasteiger partial charge in [0.05, 0.1) is 5.60 Å². The maximum atomic E-state index is 10.8. The molecule has 0 aromatic rings. The molecule has 1 aliphatic rings. The quantitative estimate of drug-likeness (QED) is 0.591. The molecule has 1 rings (SSSR count). The lowest BCUT2D eigenvalue weighted by molar-refractivity contribution is -0.00468. The van der Waals surface area contributed by atoms with Gasteiger partial charge in [0, 0.05) is 5.54 Å². The van der Waals surface area contributed by atoms with Crippen molar-refractivity contribution >= 4 is 20.6 Å². The normalized spacial score (nSPS) is 27.4. The molecule has 1 saturated heterocycles. The number of rotatable bonds is 5. The molecule has 122 valence electrons. The first kappa shape index (κ1) is 17.8. The fourth-order valence-electron chi connectivity index (χ4n) is 2.88. The van der Waals surface area contributed by atoms with Gasteiger partial charge in [-0.25, -0.2) is 9.59 Å². The summed E-state index contributed by atoms with van der Waals surface area (Å²) >= 11 is 0. The fraction of sp³-hybridized carbons (Fsp3) is 0.846. The van der Waals surface area contributed by atoms with Gasteiger partial charge in [-0.15, -0.1) is 0 Å². The van der Waals surface area contributed by atoms with Gasteiger partial charge in [0.1, 0.15) is 12.7 Å². The van der Waals surface area contributed by atoms with E-state index in [9.17, 15) is 9.59 Å². The van der Waals surface area contributed by atoms with Gasteiger partial charge in [0.25, 0.3) is 0 Å². The number of hydrogen-bond donors (Lipinski definition) is 2. The van der Waals surface area contributed by atoms with Crippen LogP contribution in [-0.4, -0.2) is 49.2 Å². The highest BCUT2D eigenvalue weighted by molar-refractivity contribution is 6.74. The van der Waals surface area contributed by atoms with Crippen molar-refractivity contribution in [3.8, 4) is 0 Å². The van der Waals surface area contributed by atoms with Gasteiger partial charge in [0.15, 0.2) is 8.32 Å². The average Bonchev–Trinajstić information content (AvgIpc) is 2.31. The van der Waals surface area contributed by atoms with Gasteiger partial charge >= 0.3 is 12.3 Å². The van der Waals surface area contributed by atoms with E-state index < -0.39 is 26.7 Å². The molecule has 0 aromatic carbocycles. The Morgan fingerprint density at radius 1 is 1.33 bits per heavy atom. The van der Waals surface area contributed by atoms with E-state index in [2.05, 4.69) is 4.74 Å². The second kappa shape index (κ2) is 6.65. The smallest absolute Gasteiger partial charge is 0.450 e. The van der Waals surface area contributed by atoms with Crippen LogP contribution in [0.25, 0.3) is 0 Å². The van der Waals surface area contributed by atoms with Crippen molar-refractivity contribution in [1.29, 1.82) is 0 Å². The van der Waals surface area contributed by atoms with Crippen LogP contribution in [-0.2, 0) is 13.9 Å². The largest absolute Gasteiger partial charge is 0.506 e. The molecule has 0 amide bonds. The first-order valence-corrected chi connectivity index (χ1v) is 9.70. The second-order valence-electron chi connectivity index (χ2n) is 6.32. The molecule has 0 radical (unpaired) electrons. The van der Waals surface area contributed by atoms with Crippen LogP contribution in [0.4, 0.5) is 9.59 Å². The molecule has 0 aliphatic carbocycles. The summed E-state index contributed by atoms with van der Waals surface area (Å²) in [4.78, 5) is 21.3. The summed E-state index contributed by atoms with van der Waals surface area (Å²) in [5.74, 6) is 0. The predicted molar refractivity (Wildman–Crippen MR) is 77.1 cm³/mol. The molecule has 7 nitrogen and oxygen atoms in total. The number of carboxylic acid groups (broad SMARTS) is 2. The Bertz CT molecular complexity index is 398. The first-order chi connectivity index (χ1) is 9.56. The molecule has 3 atom stereocenters. The van der Waals surface area contributed by atoms with Crippen molar-refractivity contribution in [1.82, 2.24) is 0 Å². The summed E-state index contributed by atoms with van der Waals surface area (Å²) < 4.78 is 15.6. The predicted octanol–water partition coefficient (Wildman–Crippen LogP) is 3.30. The fourth-order valence-corrected chi connectivity index (χ4v) is 6.81. The molecule has 8 heteroatoms. The molecule has 0 spiro atoms. The molecule has 21 heavy (non-hydrogen) atoms. The van der Waals surface area contributed by atoms with E-state index in [0.717, 1.165) is 18.9 Å².